The second kappa shape index (κ2) is 11.4. The maximum absolute atomic E-state index is 13.2. The van der Waals surface area contributed by atoms with Crippen molar-refractivity contribution in [1.82, 2.24) is 35.4 Å². The van der Waals surface area contributed by atoms with Crippen LogP contribution >= 0.6 is 34.9 Å². The van der Waals surface area contributed by atoms with Crippen LogP contribution < -0.4 is 11.1 Å². The van der Waals surface area contributed by atoms with E-state index in [9.17, 15) is 24.3 Å². The van der Waals surface area contributed by atoms with E-state index < -0.39 is 47.1 Å². The first kappa shape index (κ1) is 27.8. The minimum absolute atomic E-state index is 0.00213. The molecule has 2 aliphatic heterocycles. The molecule has 0 aromatic carbocycles. The van der Waals surface area contributed by atoms with Crippen LogP contribution in [0.25, 0.3) is 0 Å². The Kier molecular flexibility index (Phi) is 7.95. The van der Waals surface area contributed by atoms with Gasteiger partial charge in [-0.1, -0.05) is 23.0 Å². The number of thioether (sulfide) groups is 2. The smallest absolute Gasteiger partial charge is 0.325 e. The van der Waals surface area contributed by atoms with Gasteiger partial charge in [-0.15, -0.1) is 28.2 Å². The van der Waals surface area contributed by atoms with Crippen molar-refractivity contribution in [2.45, 2.75) is 42.1 Å². The van der Waals surface area contributed by atoms with E-state index in [1.807, 2.05) is 12.2 Å². The molecule has 4 heterocycles. The molecule has 5 N–H and O–H groups in total. The van der Waals surface area contributed by atoms with Gasteiger partial charge >= 0.3 is 11.9 Å². The van der Waals surface area contributed by atoms with Gasteiger partial charge < -0.3 is 31.0 Å². The number of oxime groups is 1. The number of nitrogens with one attached hydrogen (secondary N) is 1. The molecule has 4 atom stereocenters. The fourth-order valence-electron chi connectivity index (χ4n) is 4.26. The number of β-lactam (4-membered cyclic amide) rings is 1. The monoisotopic (exact) mass is 609 g/mol. The number of nitrogens with zero attached hydrogens (tertiary/aromatic N) is 7. The molecule has 2 aromatic rings. The predicted octanol–water partition coefficient (Wildman–Crippen LogP) is -0.501. The predicted molar refractivity (Wildman–Crippen MR) is 142 cm³/mol. The first-order valence-electron chi connectivity index (χ1n) is 11.9. The van der Waals surface area contributed by atoms with E-state index in [4.69, 9.17) is 15.7 Å². The molecule has 2 saturated heterocycles. The third kappa shape index (κ3) is 5.61. The van der Waals surface area contributed by atoms with Crippen molar-refractivity contribution in [3.05, 3.63) is 23.2 Å². The van der Waals surface area contributed by atoms with Crippen molar-refractivity contribution < 1.29 is 34.2 Å². The summed E-state index contributed by atoms with van der Waals surface area (Å²) in [6, 6.07) is -0.896. The van der Waals surface area contributed by atoms with Crippen LogP contribution in [0.4, 0.5) is 5.13 Å². The van der Waals surface area contributed by atoms with Crippen LogP contribution in [-0.4, -0.2) is 105 Å². The zero-order valence-electron chi connectivity index (χ0n) is 20.6. The number of tetrazole rings is 1. The number of amides is 2. The van der Waals surface area contributed by atoms with Gasteiger partial charge in [0.25, 0.3) is 5.91 Å². The number of hydrogen-bond donors (Lipinski definition) is 4. The molecule has 2 amide bonds. The minimum atomic E-state index is -1.34. The van der Waals surface area contributed by atoms with Crippen LogP contribution in [0.15, 0.2) is 27.8 Å². The van der Waals surface area contributed by atoms with Crippen molar-refractivity contribution in [2.75, 3.05) is 23.8 Å². The molecular weight excluding hydrogens is 586 g/mol. The van der Waals surface area contributed by atoms with Crippen molar-refractivity contribution in [3.8, 4) is 0 Å². The van der Waals surface area contributed by atoms with Crippen molar-refractivity contribution in [3.63, 3.8) is 0 Å². The molecule has 212 valence electrons. The topological polar surface area (TPSA) is 228 Å². The Morgan fingerprint density at radius 1 is 1.35 bits per heavy atom. The summed E-state index contributed by atoms with van der Waals surface area (Å²) in [5.74, 6) is -3.23. The van der Waals surface area contributed by atoms with Crippen LogP contribution in [0.2, 0.25) is 0 Å². The van der Waals surface area contributed by atoms with E-state index in [0.717, 1.165) is 40.6 Å². The number of allylic oxidation sites excluding steroid dienone is 1. The Labute approximate surface area is 238 Å². The largest absolute Gasteiger partial charge is 0.481 e. The van der Waals surface area contributed by atoms with Crippen LogP contribution in [0, 0.1) is 5.41 Å². The van der Waals surface area contributed by atoms with Gasteiger partial charge in [-0.3, -0.25) is 19.2 Å². The lowest BCUT2D eigenvalue weighted by Crippen LogP contribution is -2.74. The van der Waals surface area contributed by atoms with Gasteiger partial charge in [-0.25, -0.2) is 9.67 Å². The quantitative estimate of drug-likeness (QED) is 0.0828. The van der Waals surface area contributed by atoms with Crippen molar-refractivity contribution in [2.24, 2.45) is 10.6 Å². The molecule has 0 saturated carbocycles. The average molecular weight is 610 g/mol. The van der Waals surface area contributed by atoms with Crippen LogP contribution in [0.3, 0.4) is 0 Å². The average Bonchev–Trinajstić information content (AvgIpc) is 3.69. The number of nitrogen functional groups attached to an aromatic ring is 1. The molecule has 0 bridgehead atoms. The summed E-state index contributed by atoms with van der Waals surface area (Å²) in [5.41, 5.74) is 4.49. The second-order valence-electron chi connectivity index (χ2n) is 9.17. The third-order valence-corrected chi connectivity index (χ3v) is 9.88. The molecule has 0 radical (unpaired) electrons. The van der Waals surface area contributed by atoms with Gasteiger partial charge in [0, 0.05) is 23.4 Å². The number of rotatable bonds is 11. The summed E-state index contributed by atoms with van der Waals surface area (Å²) < 4.78 is 1.06. The van der Waals surface area contributed by atoms with Gasteiger partial charge in [0.15, 0.2) is 10.8 Å². The molecule has 3 aliphatic rings. The Balaban J connectivity index is 1.25. The summed E-state index contributed by atoms with van der Waals surface area (Å²) in [5, 5.41) is 38.1. The lowest BCUT2D eigenvalue weighted by molar-refractivity contribution is -0.157. The molecular formula is C21H23N9O7S3. The molecule has 16 nitrogen and oxygen atoms in total. The van der Waals surface area contributed by atoms with Gasteiger partial charge in [0.2, 0.25) is 11.1 Å². The number of hydrogen-bond acceptors (Lipinski definition) is 14. The number of aliphatic carboxylic acids is 2. The van der Waals surface area contributed by atoms with Crippen LogP contribution in [0.1, 0.15) is 18.5 Å². The van der Waals surface area contributed by atoms with Crippen molar-refractivity contribution in [1.29, 1.82) is 0 Å². The minimum Gasteiger partial charge on any atom is -0.481 e. The number of carbonyl (C=O) groups is 4. The SMILES string of the molecule is Nc1nc(C(=NOC2C=CCC2)C(=O)NC2C(=O)N3CC(CSc4nnnn4CC(=O)O)(C(=O)O)CS[C@H]23)cs1. The molecule has 2 aromatic heterocycles. The zero-order chi connectivity index (χ0) is 28.4. The Morgan fingerprint density at radius 3 is 2.85 bits per heavy atom. The summed E-state index contributed by atoms with van der Waals surface area (Å²) >= 11 is 3.36. The van der Waals surface area contributed by atoms with E-state index in [-0.39, 0.29) is 45.8 Å². The third-order valence-electron chi connectivity index (χ3n) is 6.37. The molecule has 3 unspecified atom stereocenters. The summed E-state index contributed by atoms with van der Waals surface area (Å²) in [6.07, 6.45) is 5.09. The van der Waals surface area contributed by atoms with Crippen LogP contribution in [0.5, 0.6) is 0 Å². The number of nitrogens with two attached hydrogens (primary N) is 1. The first-order chi connectivity index (χ1) is 19.2. The highest BCUT2D eigenvalue weighted by atomic mass is 32.2. The molecule has 2 fully saturated rings. The zero-order valence-corrected chi connectivity index (χ0v) is 23.0. The molecule has 40 heavy (non-hydrogen) atoms. The molecule has 19 heteroatoms. The number of carbonyl (C=O) groups excluding carboxylic acids is 2. The number of fused-ring (bicyclic) bond motifs is 1. The van der Waals surface area contributed by atoms with E-state index in [1.54, 1.807) is 5.38 Å². The highest BCUT2D eigenvalue weighted by molar-refractivity contribution is 8.00. The fraction of sp³-hybridized carbons (Fsp3) is 0.476. The van der Waals surface area contributed by atoms with Crippen molar-refractivity contribution >= 4 is 69.5 Å². The standard InChI is InChI=1S/C21H23N9O7S3/c22-19-23-11(6-38-19)13(26-37-10-3-1-2-4-10)15(33)24-14-16(34)29-7-21(18(35)36,8-39-17(14)29)9-40-20-25-27-28-30(20)5-12(31)32/h1,3,6,10,14,17H,2,4-5,7-9H2,(H2,22,23)(H,24,33)(H,31,32)(H,35,36)/t10?,14?,17-,21?/m1/s1. The van der Waals surface area contributed by atoms with E-state index in [2.05, 4.69) is 31.0 Å². The number of thiazole rings is 1. The maximum atomic E-state index is 13.2. The number of anilines is 1. The highest BCUT2D eigenvalue weighted by Crippen LogP contribution is 2.44. The Hall–Kier alpha value is -3.71. The molecule has 5 rings (SSSR count). The first-order valence-corrected chi connectivity index (χ1v) is 14.8. The maximum Gasteiger partial charge on any atom is 0.325 e. The lowest BCUT2D eigenvalue weighted by Gasteiger charge is -2.53. The van der Waals surface area contributed by atoms with Crippen LogP contribution in [-0.2, 0) is 30.6 Å². The van der Waals surface area contributed by atoms with E-state index in [0.29, 0.717) is 0 Å². The van der Waals surface area contributed by atoms with E-state index in [1.165, 1.54) is 16.7 Å². The number of aromatic nitrogens is 5. The highest BCUT2D eigenvalue weighted by Gasteiger charge is 2.57. The molecule has 0 spiro atoms. The van der Waals surface area contributed by atoms with Gasteiger partial charge in [0.05, 0.1) is 0 Å². The van der Waals surface area contributed by atoms with Gasteiger partial charge in [0.1, 0.15) is 35.2 Å². The van der Waals surface area contributed by atoms with Gasteiger partial charge in [-0.05, 0) is 29.3 Å². The lowest BCUT2D eigenvalue weighted by atomic mass is 9.89. The summed E-state index contributed by atoms with van der Waals surface area (Å²) in [4.78, 5) is 60.7. The molecule has 1 aliphatic carbocycles. The van der Waals surface area contributed by atoms with E-state index >= 15 is 0 Å². The second-order valence-corrected chi connectivity index (χ2v) is 12.1. The fourth-order valence-corrected chi connectivity index (χ4v) is 7.54. The Bertz CT molecular complexity index is 1400. The van der Waals surface area contributed by atoms with Gasteiger partial charge in [-0.2, -0.15) is 0 Å². The normalized spacial score (nSPS) is 25.8. The number of carboxylic acid groups (broad SMARTS) is 2. The summed E-state index contributed by atoms with van der Waals surface area (Å²) in [6.45, 7) is -0.571. The Morgan fingerprint density at radius 2 is 2.17 bits per heavy atom. The summed E-state index contributed by atoms with van der Waals surface area (Å²) in [7, 11) is 0. The number of carboxylic acids is 2.